The summed E-state index contributed by atoms with van der Waals surface area (Å²) in [6.07, 6.45) is -2.84. The molecule has 0 saturated heterocycles. The molecule has 0 spiro atoms. The second-order valence-electron chi connectivity index (χ2n) is 7.75. The van der Waals surface area contributed by atoms with Crippen LogP contribution in [0.15, 0.2) is 42.6 Å². The van der Waals surface area contributed by atoms with E-state index in [2.05, 4.69) is 30.9 Å². The molecule has 1 aliphatic rings. The van der Waals surface area contributed by atoms with E-state index in [9.17, 15) is 26.4 Å². The highest BCUT2D eigenvalue weighted by Gasteiger charge is 2.35. The van der Waals surface area contributed by atoms with Crippen LogP contribution in [-0.2, 0) is 34.0 Å². The number of pyridine rings is 1. The monoisotopic (exact) mass is 507 g/mol. The molecule has 3 N–H and O–H groups in total. The maximum Gasteiger partial charge on any atom is 0.421 e. The van der Waals surface area contributed by atoms with Gasteiger partial charge >= 0.3 is 6.18 Å². The molecular weight excluding hydrogens is 487 g/mol. The average Bonchev–Trinajstić information content (AvgIpc) is 3.15. The molecule has 0 atom stereocenters. The van der Waals surface area contributed by atoms with E-state index < -0.39 is 27.6 Å². The van der Waals surface area contributed by atoms with Crippen molar-refractivity contribution in [3.8, 4) is 0 Å². The molecule has 4 rings (SSSR count). The van der Waals surface area contributed by atoms with Gasteiger partial charge in [0.1, 0.15) is 17.2 Å². The molecule has 0 bridgehead atoms. The summed E-state index contributed by atoms with van der Waals surface area (Å²) in [7, 11) is -2.23. The number of nitrogens with one attached hydrogen (secondary N) is 3. The van der Waals surface area contributed by atoms with Gasteiger partial charge in [-0.2, -0.15) is 18.2 Å². The maximum atomic E-state index is 13.6. The van der Waals surface area contributed by atoms with Crippen LogP contribution in [0.1, 0.15) is 16.8 Å². The Kier molecular flexibility index (Phi) is 6.23. The minimum atomic E-state index is -4.72. The van der Waals surface area contributed by atoms with Crippen molar-refractivity contribution in [2.45, 2.75) is 19.1 Å². The zero-order valence-electron chi connectivity index (χ0n) is 18.5. The van der Waals surface area contributed by atoms with E-state index in [1.165, 1.54) is 13.1 Å². The van der Waals surface area contributed by atoms with Gasteiger partial charge in [-0.1, -0.05) is 6.07 Å². The van der Waals surface area contributed by atoms with Crippen LogP contribution in [0.3, 0.4) is 0 Å². The lowest BCUT2D eigenvalue weighted by Crippen LogP contribution is -2.26. The number of carbonyl (C=O) groups is 1. The number of carbonyl (C=O) groups excluding carboxylic acids is 1. The fourth-order valence-corrected chi connectivity index (χ4v) is 3.75. The fourth-order valence-electron chi connectivity index (χ4n) is 3.31. The van der Waals surface area contributed by atoms with Crippen LogP contribution in [0, 0.1) is 0 Å². The first-order chi connectivity index (χ1) is 16.4. The number of rotatable bonds is 7. The normalized spacial score (nSPS) is 13.2. The molecule has 0 fully saturated rings. The van der Waals surface area contributed by atoms with Gasteiger partial charge in [0.25, 0.3) is 0 Å². The van der Waals surface area contributed by atoms with Gasteiger partial charge in [-0.25, -0.2) is 18.4 Å². The lowest BCUT2D eigenvalue weighted by Gasteiger charge is -2.17. The number of hydrogen-bond donors (Lipinski definition) is 3. The lowest BCUT2D eigenvalue weighted by molar-refractivity contribution is -0.137. The Labute approximate surface area is 198 Å². The Balaban J connectivity index is 1.57. The molecule has 1 aromatic carbocycles. The number of sulfonamides is 1. The number of amides is 1. The minimum absolute atomic E-state index is 0.0868. The number of anilines is 5. The molecule has 1 amide bonds. The van der Waals surface area contributed by atoms with E-state index in [1.807, 2.05) is 0 Å². The van der Waals surface area contributed by atoms with Crippen LogP contribution in [0.4, 0.5) is 42.1 Å². The molecule has 184 valence electrons. The number of nitrogens with zero attached hydrogens (tertiary/aromatic N) is 4. The van der Waals surface area contributed by atoms with E-state index in [4.69, 9.17) is 0 Å². The SMILES string of the molecule is CN(c1cccc(CNc2nc(Nc3ccc4c(c3)CC(=O)N4)ncc2C(F)(F)F)n1)S(C)(=O)=O. The zero-order valence-corrected chi connectivity index (χ0v) is 19.3. The first kappa shape index (κ1) is 24.2. The molecule has 3 aromatic rings. The minimum Gasteiger partial charge on any atom is -0.364 e. The van der Waals surface area contributed by atoms with Gasteiger partial charge in [0, 0.05) is 24.6 Å². The van der Waals surface area contributed by atoms with Crippen LogP contribution in [0.5, 0.6) is 0 Å². The smallest absolute Gasteiger partial charge is 0.364 e. The summed E-state index contributed by atoms with van der Waals surface area (Å²) in [6, 6.07) is 9.57. The quantitative estimate of drug-likeness (QED) is 0.445. The third-order valence-corrected chi connectivity index (χ3v) is 6.31. The molecule has 14 heteroatoms. The summed E-state index contributed by atoms with van der Waals surface area (Å²) in [5, 5.41) is 8.16. The van der Waals surface area contributed by atoms with Gasteiger partial charge in [0.2, 0.25) is 21.9 Å². The van der Waals surface area contributed by atoms with Gasteiger partial charge in [0.05, 0.1) is 24.9 Å². The van der Waals surface area contributed by atoms with Crippen LogP contribution < -0.4 is 20.3 Å². The van der Waals surface area contributed by atoms with Crippen molar-refractivity contribution < 1.29 is 26.4 Å². The molecule has 0 aliphatic carbocycles. The molecule has 0 unspecified atom stereocenters. The molecule has 1 aliphatic heterocycles. The topological polar surface area (TPSA) is 129 Å². The van der Waals surface area contributed by atoms with Gasteiger partial charge < -0.3 is 16.0 Å². The zero-order chi connectivity index (χ0) is 25.4. The molecule has 35 heavy (non-hydrogen) atoms. The van der Waals surface area contributed by atoms with E-state index >= 15 is 0 Å². The molecule has 0 saturated carbocycles. The van der Waals surface area contributed by atoms with Gasteiger partial charge in [-0.3, -0.25) is 9.10 Å². The first-order valence-electron chi connectivity index (χ1n) is 10.2. The number of fused-ring (bicyclic) bond motifs is 1. The largest absolute Gasteiger partial charge is 0.421 e. The van der Waals surface area contributed by atoms with Crippen LogP contribution >= 0.6 is 0 Å². The number of hydrogen-bond acceptors (Lipinski definition) is 8. The number of halogens is 3. The predicted molar refractivity (Wildman–Crippen MR) is 124 cm³/mol. The first-order valence-corrected chi connectivity index (χ1v) is 12.0. The highest BCUT2D eigenvalue weighted by molar-refractivity contribution is 7.92. The summed E-state index contributed by atoms with van der Waals surface area (Å²) in [4.78, 5) is 23.5. The second kappa shape index (κ2) is 9.02. The molecule has 3 heterocycles. The lowest BCUT2D eigenvalue weighted by atomic mass is 10.1. The summed E-state index contributed by atoms with van der Waals surface area (Å²) in [6.45, 7) is -0.155. The Hall–Kier alpha value is -3.94. The standard InChI is InChI=1S/C21H20F3N7O3S/c1-31(35(2,33)34)17-5-3-4-14(27-17)10-25-19-15(21(22,23)24)11-26-20(30-19)28-13-6-7-16-12(8-13)9-18(32)29-16/h3-8,11H,9-10H2,1-2H3,(H,29,32)(H2,25,26,28,30). The third-order valence-electron chi connectivity index (χ3n) is 5.13. The fraction of sp³-hybridized carbons (Fsp3) is 0.238. The van der Waals surface area contributed by atoms with Crippen LogP contribution in [-0.4, -0.2) is 42.6 Å². The maximum absolute atomic E-state index is 13.6. The number of benzene rings is 1. The van der Waals surface area contributed by atoms with Gasteiger partial charge in [0.15, 0.2) is 0 Å². The highest BCUT2D eigenvalue weighted by atomic mass is 32.2. The Morgan fingerprint density at radius 2 is 1.94 bits per heavy atom. The van der Waals surface area contributed by atoms with Crippen LogP contribution in [0.2, 0.25) is 0 Å². The van der Waals surface area contributed by atoms with Crippen molar-refractivity contribution in [1.82, 2.24) is 15.0 Å². The van der Waals surface area contributed by atoms with Crippen molar-refractivity contribution in [1.29, 1.82) is 0 Å². The summed E-state index contributed by atoms with van der Waals surface area (Å²) < 4.78 is 65.1. The van der Waals surface area contributed by atoms with Crippen molar-refractivity contribution in [3.05, 3.63) is 59.4 Å². The summed E-state index contributed by atoms with van der Waals surface area (Å²) in [5.74, 6) is -0.583. The van der Waals surface area contributed by atoms with Gasteiger partial charge in [-0.15, -0.1) is 0 Å². The van der Waals surface area contributed by atoms with Crippen molar-refractivity contribution >= 4 is 44.9 Å². The average molecular weight is 507 g/mol. The van der Waals surface area contributed by atoms with E-state index in [0.717, 1.165) is 16.1 Å². The van der Waals surface area contributed by atoms with Gasteiger partial charge in [-0.05, 0) is 35.9 Å². The predicted octanol–water partition coefficient (Wildman–Crippen LogP) is 3.14. The molecule has 10 nitrogen and oxygen atoms in total. The second-order valence-corrected chi connectivity index (χ2v) is 9.76. The van der Waals surface area contributed by atoms with E-state index in [1.54, 1.807) is 30.3 Å². The van der Waals surface area contributed by atoms with E-state index in [0.29, 0.717) is 23.3 Å². The van der Waals surface area contributed by atoms with E-state index in [-0.39, 0.29) is 30.6 Å². The van der Waals surface area contributed by atoms with Crippen LogP contribution in [0.25, 0.3) is 0 Å². The van der Waals surface area contributed by atoms with Crippen molar-refractivity contribution in [2.75, 3.05) is 33.6 Å². The Morgan fingerprint density at radius 1 is 1.17 bits per heavy atom. The molecule has 0 radical (unpaired) electrons. The highest BCUT2D eigenvalue weighted by Crippen LogP contribution is 2.34. The Morgan fingerprint density at radius 3 is 2.66 bits per heavy atom. The number of aromatic nitrogens is 3. The third kappa shape index (κ3) is 5.59. The molecular formula is C21H20F3N7O3S. The number of alkyl halides is 3. The Bertz CT molecular complexity index is 1400. The van der Waals surface area contributed by atoms with Crippen molar-refractivity contribution in [3.63, 3.8) is 0 Å². The molecule has 2 aromatic heterocycles. The summed E-state index contributed by atoms with van der Waals surface area (Å²) >= 11 is 0. The summed E-state index contributed by atoms with van der Waals surface area (Å²) in [5.41, 5.74) is 1.15. The van der Waals surface area contributed by atoms with Crippen molar-refractivity contribution in [2.24, 2.45) is 0 Å².